The molecule has 0 bridgehead atoms. The van der Waals surface area contributed by atoms with E-state index in [0.29, 0.717) is 11.6 Å². The first kappa shape index (κ1) is 14.7. The normalized spacial score (nSPS) is 9.61. The van der Waals surface area contributed by atoms with Crippen LogP contribution in [0.5, 0.6) is 0 Å². The van der Waals surface area contributed by atoms with Crippen LogP contribution < -0.4 is 21.5 Å². The molecule has 0 amide bonds. The highest BCUT2D eigenvalue weighted by atomic mass is 79.9. The van der Waals surface area contributed by atoms with Crippen LogP contribution >= 0.6 is 11.6 Å². The molecule has 0 atom stereocenters. The van der Waals surface area contributed by atoms with Gasteiger partial charge in [-0.25, -0.2) is 4.79 Å². The van der Waals surface area contributed by atoms with Gasteiger partial charge in [0.15, 0.2) is 18.9 Å². The van der Waals surface area contributed by atoms with Gasteiger partial charge in [-0.15, -0.1) is 0 Å². The van der Waals surface area contributed by atoms with Crippen LogP contribution in [0.2, 0.25) is 5.02 Å². The Bertz CT molecular complexity index is 543. The smallest absolute Gasteiger partial charge is 0.341 e. The molecule has 0 spiro atoms. The Morgan fingerprint density at radius 3 is 2.50 bits per heavy atom. The minimum Gasteiger partial charge on any atom is -1.00 e. The lowest BCUT2D eigenvalue weighted by atomic mass is 10.2. The fraction of sp³-hybridized carbons (Fsp3) is 0.0769. The summed E-state index contributed by atoms with van der Waals surface area (Å²) in [6, 6.07) is 10.8. The van der Waals surface area contributed by atoms with E-state index < -0.39 is 5.97 Å². The number of aromatic carboxylic acids is 1. The minimum atomic E-state index is -0.921. The van der Waals surface area contributed by atoms with E-state index in [1.165, 1.54) is 0 Å². The van der Waals surface area contributed by atoms with Crippen molar-refractivity contribution in [2.24, 2.45) is 0 Å². The molecule has 2 rings (SSSR count). The molecule has 1 N–H and O–H groups in total. The summed E-state index contributed by atoms with van der Waals surface area (Å²) in [6.07, 6.45) is 3.44. The second-order valence-electron chi connectivity index (χ2n) is 3.70. The highest BCUT2D eigenvalue weighted by Crippen LogP contribution is 2.09. The maximum atomic E-state index is 10.8. The summed E-state index contributed by atoms with van der Waals surface area (Å²) in [5.74, 6) is -0.921. The molecule has 1 heterocycles. The number of carboxylic acids is 1. The van der Waals surface area contributed by atoms with Crippen molar-refractivity contribution in [3.63, 3.8) is 0 Å². The Balaban J connectivity index is 0.00000162. The standard InChI is InChI=1S/C13H10ClNO2.BrH/c14-12-5-3-10(4-6-12)8-15-7-1-2-11(9-15)13(16)17;/h1-7,9H,8H2;1H. The van der Waals surface area contributed by atoms with E-state index in [9.17, 15) is 4.79 Å². The topological polar surface area (TPSA) is 41.2 Å². The molecule has 0 aliphatic rings. The van der Waals surface area contributed by atoms with Crippen LogP contribution in [0.3, 0.4) is 0 Å². The van der Waals surface area contributed by atoms with E-state index in [1.807, 2.05) is 35.0 Å². The van der Waals surface area contributed by atoms with Crippen molar-refractivity contribution in [2.45, 2.75) is 6.54 Å². The average molecular weight is 329 g/mol. The first-order chi connectivity index (χ1) is 8.15. The number of halogens is 2. The molecule has 0 aliphatic carbocycles. The van der Waals surface area contributed by atoms with Gasteiger partial charge in [-0.1, -0.05) is 23.7 Å². The Hall–Kier alpha value is -1.39. The van der Waals surface area contributed by atoms with Crippen LogP contribution in [0, 0.1) is 0 Å². The molecule has 18 heavy (non-hydrogen) atoms. The van der Waals surface area contributed by atoms with Crippen molar-refractivity contribution in [1.29, 1.82) is 0 Å². The Morgan fingerprint density at radius 1 is 1.22 bits per heavy atom. The summed E-state index contributed by atoms with van der Waals surface area (Å²) in [6.45, 7) is 0.623. The van der Waals surface area contributed by atoms with Crippen LogP contribution in [0.25, 0.3) is 0 Å². The van der Waals surface area contributed by atoms with E-state index in [2.05, 4.69) is 0 Å². The third-order valence-corrected chi connectivity index (χ3v) is 2.64. The molecule has 1 aromatic heterocycles. The maximum Gasteiger partial charge on any atom is 0.341 e. The second-order valence-corrected chi connectivity index (χ2v) is 4.13. The second kappa shape index (κ2) is 6.52. The van der Waals surface area contributed by atoms with Gasteiger partial charge in [0.2, 0.25) is 0 Å². The van der Waals surface area contributed by atoms with Crippen molar-refractivity contribution in [2.75, 3.05) is 0 Å². The van der Waals surface area contributed by atoms with E-state index >= 15 is 0 Å². The number of pyridine rings is 1. The van der Waals surface area contributed by atoms with E-state index in [4.69, 9.17) is 16.7 Å². The molecule has 94 valence electrons. The number of aromatic nitrogens is 1. The van der Waals surface area contributed by atoms with Gasteiger partial charge in [0, 0.05) is 16.7 Å². The van der Waals surface area contributed by atoms with E-state index in [-0.39, 0.29) is 22.5 Å². The number of carboxylic acid groups (broad SMARTS) is 1. The van der Waals surface area contributed by atoms with Gasteiger partial charge in [-0.3, -0.25) is 0 Å². The van der Waals surface area contributed by atoms with Gasteiger partial charge >= 0.3 is 5.97 Å². The molecule has 5 heteroatoms. The predicted molar refractivity (Wildman–Crippen MR) is 64.2 cm³/mol. The minimum absolute atomic E-state index is 0. The Morgan fingerprint density at radius 2 is 1.89 bits per heavy atom. The summed E-state index contributed by atoms with van der Waals surface area (Å²) in [5.41, 5.74) is 1.35. The number of benzene rings is 1. The van der Waals surface area contributed by atoms with Gasteiger partial charge in [0.25, 0.3) is 0 Å². The van der Waals surface area contributed by atoms with Crippen molar-refractivity contribution in [3.8, 4) is 0 Å². The zero-order valence-corrected chi connectivity index (χ0v) is 11.7. The molecule has 0 unspecified atom stereocenters. The average Bonchev–Trinajstić information content (AvgIpc) is 2.32. The monoisotopic (exact) mass is 327 g/mol. The summed E-state index contributed by atoms with van der Waals surface area (Å²) in [7, 11) is 0. The van der Waals surface area contributed by atoms with Crippen molar-refractivity contribution < 1.29 is 31.4 Å². The van der Waals surface area contributed by atoms with Crippen LogP contribution in [-0.2, 0) is 6.54 Å². The largest absolute Gasteiger partial charge is 1.00 e. The summed E-state index contributed by atoms with van der Waals surface area (Å²) < 4.78 is 1.83. The Kier molecular flexibility index (Phi) is 5.31. The SMILES string of the molecule is O=C(O)c1ccc[n+](Cc2ccc(Cl)cc2)c1.[Br-]. The molecular formula is C13H11BrClNO2. The number of hydrogen-bond acceptors (Lipinski definition) is 1. The number of nitrogens with zero attached hydrogens (tertiary/aromatic N) is 1. The molecule has 0 aliphatic heterocycles. The lowest BCUT2D eigenvalue weighted by molar-refractivity contribution is -0.688. The van der Waals surface area contributed by atoms with Gasteiger partial charge in [-0.05, 0) is 18.2 Å². The van der Waals surface area contributed by atoms with Gasteiger partial charge in [-0.2, -0.15) is 4.57 Å². The Labute approximate surface area is 120 Å². The van der Waals surface area contributed by atoms with E-state index in [1.54, 1.807) is 18.3 Å². The zero-order chi connectivity index (χ0) is 12.3. The van der Waals surface area contributed by atoms with Crippen molar-refractivity contribution >= 4 is 17.6 Å². The highest BCUT2D eigenvalue weighted by molar-refractivity contribution is 6.30. The summed E-state index contributed by atoms with van der Waals surface area (Å²) in [4.78, 5) is 10.8. The first-order valence-corrected chi connectivity index (χ1v) is 5.50. The lowest BCUT2D eigenvalue weighted by Crippen LogP contribution is -3.00. The summed E-state index contributed by atoms with van der Waals surface area (Å²) >= 11 is 5.80. The van der Waals surface area contributed by atoms with Gasteiger partial charge in [0.05, 0.1) is 0 Å². The number of carbonyl (C=O) groups is 1. The van der Waals surface area contributed by atoms with Crippen LogP contribution in [0.1, 0.15) is 15.9 Å². The van der Waals surface area contributed by atoms with E-state index in [0.717, 1.165) is 5.56 Å². The predicted octanol–water partition coefficient (Wildman–Crippen LogP) is -0.622. The molecule has 0 saturated heterocycles. The molecule has 0 saturated carbocycles. The van der Waals surface area contributed by atoms with Crippen molar-refractivity contribution in [1.82, 2.24) is 0 Å². The van der Waals surface area contributed by atoms with Crippen LogP contribution in [0.15, 0.2) is 48.8 Å². The lowest BCUT2D eigenvalue weighted by Gasteiger charge is -1.99. The molecule has 3 nitrogen and oxygen atoms in total. The highest BCUT2D eigenvalue weighted by Gasteiger charge is 2.09. The van der Waals surface area contributed by atoms with Gasteiger partial charge < -0.3 is 22.1 Å². The molecule has 1 aromatic carbocycles. The first-order valence-electron chi connectivity index (χ1n) is 5.12. The molecule has 0 radical (unpaired) electrons. The third kappa shape index (κ3) is 3.82. The maximum absolute atomic E-state index is 10.8. The van der Waals surface area contributed by atoms with Crippen LogP contribution in [0.4, 0.5) is 0 Å². The van der Waals surface area contributed by atoms with Crippen LogP contribution in [-0.4, -0.2) is 11.1 Å². The fourth-order valence-corrected chi connectivity index (χ4v) is 1.67. The molecule has 2 aromatic rings. The molecule has 0 fully saturated rings. The third-order valence-electron chi connectivity index (χ3n) is 2.38. The fourth-order valence-electron chi connectivity index (χ4n) is 1.55. The van der Waals surface area contributed by atoms with Gasteiger partial charge in [0.1, 0.15) is 5.56 Å². The summed E-state index contributed by atoms with van der Waals surface area (Å²) in [5, 5.41) is 9.57. The number of hydrogen-bond donors (Lipinski definition) is 1. The quantitative estimate of drug-likeness (QED) is 0.763. The number of rotatable bonds is 3. The molecular weight excluding hydrogens is 318 g/mol. The zero-order valence-electron chi connectivity index (χ0n) is 9.38. The van der Waals surface area contributed by atoms with Crippen molar-refractivity contribution in [3.05, 3.63) is 64.9 Å².